The molecule has 0 atom stereocenters. The Morgan fingerprint density at radius 3 is 2.36 bits per heavy atom. The first-order valence-electron chi connectivity index (χ1n) is 10.3. The summed E-state index contributed by atoms with van der Waals surface area (Å²) in [5.41, 5.74) is 2.01. The lowest BCUT2D eigenvalue weighted by atomic mass is 10.2. The molecule has 2 amide bonds. The van der Waals surface area contributed by atoms with Gasteiger partial charge in [0.15, 0.2) is 0 Å². The largest absolute Gasteiger partial charge is 0.379 e. The number of rotatable bonds is 8. The van der Waals surface area contributed by atoms with E-state index < -0.39 is 0 Å². The van der Waals surface area contributed by atoms with E-state index in [9.17, 15) is 9.59 Å². The first-order valence-corrected chi connectivity index (χ1v) is 10.3. The molecule has 0 bridgehead atoms. The van der Waals surface area contributed by atoms with Crippen molar-refractivity contribution in [3.8, 4) is 0 Å². The fourth-order valence-electron chi connectivity index (χ4n) is 3.70. The van der Waals surface area contributed by atoms with Gasteiger partial charge < -0.3 is 19.9 Å². The van der Waals surface area contributed by atoms with Crippen LogP contribution in [-0.2, 0) is 14.3 Å². The molecule has 3 rings (SSSR count). The van der Waals surface area contributed by atoms with Gasteiger partial charge in [-0.1, -0.05) is 0 Å². The molecular formula is C21H32N4O3. The second-order valence-electron chi connectivity index (χ2n) is 7.50. The molecule has 1 aromatic rings. The normalized spacial score (nSPS) is 17.5. The molecule has 28 heavy (non-hydrogen) atoms. The van der Waals surface area contributed by atoms with Crippen molar-refractivity contribution >= 4 is 23.2 Å². The highest BCUT2D eigenvalue weighted by Crippen LogP contribution is 2.22. The first-order chi connectivity index (χ1) is 13.6. The van der Waals surface area contributed by atoms with Gasteiger partial charge in [-0.25, -0.2) is 0 Å². The van der Waals surface area contributed by atoms with Crippen LogP contribution in [-0.4, -0.2) is 80.6 Å². The zero-order valence-corrected chi connectivity index (χ0v) is 16.9. The van der Waals surface area contributed by atoms with Crippen molar-refractivity contribution in [2.45, 2.75) is 26.2 Å². The number of ether oxygens (including phenoxy) is 1. The maximum absolute atomic E-state index is 12.3. The minimum Gasteiger partial charge on any atom is -0.379 e. The minimum absolute atomic E-state index is 0.0102. The molecule has 2 heterocycles. The average molecular weight is 389 g/mol. The van der Waals surface area contributed by atoms with Gasteiger partial charge in [-0.3, -0.25) is 14.5 Å². The highest BCUT2D eigenvalue weighted by molar-refractivity contribution is 5.91. The molecule has 7 heteroatoms. The summed E-state index contributed by atoms with van der Waals surface area (Å²) in [6.45, 7) is 8.99. The molecular weight excluding hydrogens is 356 g/mol. The van der Waals surface area contributed by atoms with Crippen molar-refractivity contribution in [3.05, 3.63) is 24.3 Å². The van der Waals surface area contributed by atoms with E-state index in [0.717, 1.165) is 51.6 Å². The van der Waals surface area contributed by atoms with E-state index in [4.69, 9.17) is 4.74 Å². The van der Waals surface area contributed by atoms with Gasteiger partial charge >= 0.3 is 0 Å². The van der Waals surface area contributed by atoms with Crippen molar-refractivity contribution in [1.82, 2.24) is 9.80 Å². The van der Waals surface area contributed by atoms with Crippen LogP contribution in [0.5, 0.6) is 0 Å². The van der Waals surface area contributed by atoms with Crippen molar-refractivity contribution in [2.24, 2.45) is 0 Å². The third kappa shape index (κ3) is 6.21. The quantitative estimate of drug-likeness (QED) is 0.736. The number of hydrogen-bond donors (Lipinski definition) is 1. The first kappa shape index (κ1) is 20.6. The van der Waals surface area contributed by atoms with E-state index in [1.165, 1.54) is 18.5 Å². The monoisotopic (exact) mass is 388 g/mol. The lowest BCUT2D eigenvalue weighted by Gasteiger charge is -2.29. The van der Waals surface area contributed by atoms with E-state index in [2.05, 4.69) is 27.2 Å². The fraction of sp³-hybridized carbons (Fsp3) is 0.619. The van der Waals surface area contributed by atoms with Crippen LogP contribution in [0.1, 0.15) is 26.2 Å². The summed E-state index contributed by atoms with van der Waals surface area (Å²) in [6.07, 6.45) is 2.80. The zero-order valence-electron chi connectivity index (χ0n) is 16.9. The summed E-state index contributed by atoms with van der Waals surface area (Å²) in [5, 5.41) is 2.94. The number of anilines is 2. The van der Waals surface area contributed by atoms with Gasteiger partial charge in [0.2, 0.25) is 11.8 Å². The number of morpholine rings is 1. The van der Waals surface area contributed by atoms with Gasteiger partial charge in [0.05, 0.1) is 13.2 Å². The zero-order chi connectivity index (χ0) is 19.8. The molecule has 1 N–H and O–H groups in total. The second-order valence-corrected chi connectivity index (χ2v) is 7.50. The van der Waals surface area contributed by atoms with Crippen molar-refractivity contribution in [1.29, 1.82) is 0 Å². The Morgan fingerprint density at radius 2 is 1.71 bits per heavy atom. The highest BCUT2D eigenvalue weighted by Gasteiger charge is 2.16. The fourth-order valence-corrected chi connectivity index (χ4v) is 3.70. The Balaban J connectivity index is 1.41. The molecule has 0 aliphatic carbocycles. The van der Waals surface area contributed by atoms with Crippen LogP contribution in [0.4, 0.5) is 11.4 Å². The Bertz CT molecular complexity index is 638. The molecule has 0 spiro atoms. The average Bonchev–Trinajstić information content (AvgIpc) is 3.24. The van der Waals surface area contributed by atoms with Gasteiger partial charge in [0.1, 0.15) is 0 Å². The maximum Gasteiger partial charge on any atom is 0.226 e. The molecule has 0 unspecified atom stereocenters. The Kier molecular flexibility index (Phi) is 7.68. The molecule has 0 aromatic heterocycles. The predicted octanol–water partition coefficient (Wildman–Crippen LogP) is 1.80. The van der Waals surface area contributed by atoms with Crippen LogP contribution >= 0.6 is 0 Å². The van der Waals surface area contributed by atoms with Gasteiger partial charge in [-0.2, -0.15) is 0 Å². The number of nitrogens with one attached hydrogen (secondary N) is 1. The third-order valence-corrected chi connectivity index (χ3v) is 5.47. The maximum atomic E-state index is 12.3. The number of carbonyl (C=O) groups is 2. The Hall–Kier alpha value is -2.12. The molecule has 0 saturated carbocycles. The van der Waals surface area contributed by atoms with Gasteiger partial charge in [-0.05, 0) is 37.1 Å². The number of carbonyl (C=O) groups excluding carboxylic acids is 2. The van der Waals surface area contributed by atoms with Gasteiger partial charge in [-0.15, -0.1) is 0 Å². The van der Waals surface area contributed by atoms with Crippen LogP contribution in [0, 0.1) is 0 Å². The van der Waals surface area contributed by atoms with E-state index in [-0.39, 0.29) is 11.8 Å². The number of amides is 2. The van der Waals surface area contributed by atoms with Crippen LogP contribution in [0.25, 0.3) is 0 Å². The SMILES string of the molecule is CC(=O)N(CCC(=O)Nc1ccc(N2CCCC2)cc1)CCN1CCOCC1. The van der Waals surface area contributed by atoms with E-state index >= 15 is 0 Å². The Labute approximate surface area is 167 Å². The topological polar surface area (TPSA) is 65.1 Å². The molecule has 2 saturated heterocycles. The number of benzene rings is 1. The van der Waals surface area contributed by atoms with Crippen molar-refractivity contribution < 1.29 is 14.3 Å². The molecule has 154 valence electrons. The molecule has 2 aliphatic heterocycles. The smallest absolute Gasteiger partial charge is 0.226 e. The van der Waals surface area contributed by atoms with Crippen LogP contribution in [0.3, 0.4) is 0 Å². The number of nitrogens with zero attached hydrogens (tertiary/aromatic N) is 3. The van der Waals surface area contributed by atoms with Crippen LogP contribution < -0.4 is 10.2 Å². The lowest BCUT2D eigenvalue weighted by molar-refractivity contribution is -0.129. The summed E-state index contributed by atoms with van der Waals surface area (Å²) in [5.74, 6) is -0.0532. The third-order valence-electron chi connectivity index (χ3n) is 5.47. The minimum atomic E-state index is -0.0634. The second kappa shape index (κ2) is 10.4. The summed E-state index contributed by atoms with van der Waals surface area (Å²) in [6, 6.07) is 8.02. The summed E-state index contributed by atoms with van der Waals surface area (Å²) >= 11 is 0. The number of hydrogen-bond acceptors (Lipinski definition) is 5. The highest BCUT2D eigenvalue weighted by atomic mass is 16.5. The summed E-state index contributed by atoms with van der Waals surface area (Å²) < 4.78 is 5.35. The molecule has 2 fully saturated rings. The van der Waals surface area contributed by atoms with Gasteiger partial charge in [0, 0.05) is 70.5 Å². The summed E-state index contributed by atoms with van der Waals surface area (Å²) in [4.78, 5) is 30.6. The molecule has 2 aliphatic rings. The van der Waals surface area contributed by atoms with Crippen LogP contribution in [0.2, 0.25) is 0 Å². The van der Waals surface area contributed by atoms with Crippen molar-refractivity contribution in [2.75, 3.05) is 69.2 Å². The van der Waals surface area contributed by atoms with E-state index in [0.29, 0.717) is 19.5 Å². The molecule has 7 nitrogen and oxygen atoms in total. The van der Waals surface area contributed by atoms with Gasteiger partial charge in [0.25, 0.3) is 0 Å². The van der Waals surface area contributed by atoms with E-state index in [1.54, 1.807) is 11.8 Å². The Morgan fingerprint density at radius 1 is 1.04 bits per heavy atom. The van der Waals surface area contributed by atoms with Crippen LogP contribution in [0.15, 0.2) is 24.3 Å². The molecule has 0 radical (unpaired) electrons. The predicted molar refractivity (Wildman–Crippen MR) is 111 cm³/mol. The van der Waals surface area contributed by atoms with Crippen molar-refractivity contribution in [3.63, 3.8) is 0 Å². The standard InChI is InChI=1S/C21H32N4O3/c1-18(26)24(13-12-23-14-16-28-17-15-23)11-8-21(27)22-19-4-6-20(7-5-19)25-9-2-3-10-25/h4-7H,2-3,8-17H2,1H3,(H,22,27). The molecule has 1 aromatic carbocycles. The lowest BCUT2D eigenvalue weighted by Crippen LogP contribution is -2.43. The summed E-state index contributed by atoms with van der Waals surface area (Å²) in [7, 11) is 0. The van der Waals surface area contributed by atoms with E-state index in [1.807, 2.05) is 12.1 Å².